The molecule has 0 aliphatic heterocycles. The van der Waals surface area contributed by atoms with Gasteiger partial charge in [-0.3, -0.25) is 0 Å². The van der Waals surface area contributed by atoms with Gasteiger partial charge in [-0.1, -0.05) is 97.9 Å². The molecule has 0 spiro atoms. The molecular weight excluding hydrogens is 304 g/mol. The summed E-state index contributed by atoms with van der Waals surface area (Å²) >= 11 is 0. The highest BCUT2D eigenvalue weighted by atomic mass is 16.5. The molecule has 0 amide bonds. The topological polar surface area (TPSA) is 9.23 Å². The average molecular weight is 330 g/mol. The molecule has 128 valence electrons. The molecule has 1 nitrogen and oxygen atoms in total. The molecular formula is C24H26O. The largest absolute Gasteiger partial charge is 0.381 e. The summed E-state index contributed by atoms with van der Waals surface area (Å²) in [4.78, 5) is 0. The minimum Gasteiger partial charge on any atom is -0.381 e. The third-order valence-electron chi connectivity index (χ3n) is 4.77. The van der Waals surface area contributed by atoms with Gasteiger partial charge in [-0.15, -0.1) is 0 Å². The van der Waals surface area contributed by atoms with Crippen LogP contribution in [0.3, 0.4) is 0 Å². The van der Waals surface area contributed by atoms with Crippen LogP contribution in [0.2, 0.25) is 0 Å². The van der Waals surface area contributed by atoms with E-state index in [0.29, 0.717) is 0 Å². The van der Waals surface area contributed by atoms with Crippen LogP contribution in [0.4, 0.5) is 0 Å². The molecule has 0 unspecified atom stereocenters. The predicted molar refractivity (Wildman–Crippen MR) is 105 cm³/mol. The lowest BCUT2D eigenvalue weighted by atomic mass is 9.67. The van der Waals surface area contributed by atoms with Crippen LogP contribution in [-0.4, -0.2) is 13.2 Å². The van der Waals surface area contributed by atoms with Crippen molar-refractivity contribution < 1.29 is 4.74 Å². The van der Waals surface area contributed by atoms with Crippen LogP contribution in [-0.2, 0) is 10.2 Å². The van der Waals surface area contributed by atoms with Crippen molar-refractivity contribution in [3.63, 3.8) is 0 Å². The summed E-state index contributed by atoms with van der Waals surface area (Å²) in [5.41, 5.74) is 3.74. The first-order valence-electron chi connectivity index (χ1n) is 9.12. The molecule has 1 heteroatoms. The lowest BCUT2D eigenvalue weighted by Crippen LogP contribution is -2.31. The lowest BCUT2D eigenvalue weighted by Gasteiger charge is -2.36. The Morgan fingerprint density at radius 1 is 0.600 bits per heavy atom. The average Bonchev–Trinajstić information content (AvgIpc) is 2.70. The van der Waals surface area contributed by atoms with Crippen molar-refractivity contribution >= 4 is 0 Å². The van der Waals surface area contributed by atoms with Crippen molar-refractivity contribution in [2.75, 3.05) is 13.2 Å². The first-order chi connectivity index (χ1) is 12.4. The van der Waals surface area contributed by atoms with Crippen LogP contribution >= 0.6 is 0 Å². The lowest BCUT2D eigenvalue weighted by molar-refractivity contribution is 0.123. The van der Waals surface area contributed by atoms with Gasteiger partial charge < -0.3 is 4.74 Å². The van der Waals surface area contributed by atoms with Crippen LogP contribution < -0.4 is 0 Å². The number of rotatable bonds is 8. The second-order valence-corrected chi connectivity index (χ2v) is 6.37. The van der Waals surface area contributed by atoms with Crippen molar-refractivity contribution in [2.45, 2.75) is 25.2 Å². The fourth-order valence-corrected chi connectivity index (χ4v) is 3.57. The summed E-state index contributed by atoms with van der Waals surface area (Å²) in [5, 5.41) is 0. The quantitative estimate of drug-likeness (QED) is 0.372. The van der Waals surface area contributed by atoms with Gasteiger partial charge in [-0.25, -0.2) is 0 Å². The Labute approximate surface area is 151 Å². The van der Waals surface area contributed by atoms with Crippen LogP contribution in [0, 0.1) is 0 Å². The molecule has 3 rings (SSSR count). The van der Waals surface area contributed by atoms with E-state index in [1.807, 2.05) is 0 Å². The molecule has 0 aliphatic rings. The van der Waals surface area contributed by atoms with Crippen LogP contribution in [0.5, 0.6) is 0 Å². The normalized spacial score (nSPS) is 11.4. The van der Waals surface area contributed by atoms with Gasteiger partial charge in [-0.05, 0) is 29.5 Å². The van der Waals surface area contributed by atoms with E-state index in [2.05, 4.69) is 97.9 Å². The Hall–Kier alpha value is -2.38. The molecule has 0 N–H and O–H groups in total. The highest BCUT2D eigenvalue weighted by Crippen LogP contribution is 2.42. The zero-order chi connectivity index (χ0) is 17.4. The Morgan fingerprint density at radius 2 is 1.00 bits per heavy atom. The molecule has 0 radical (unpaired) electrons. The Bertz CT molecular complexity index is 638. The Morgan fingerprint density at radius 3 is 1.36 bits per heavy atom. The molecule has 0 aliphatic carbocycles. The minimum absolute atomic E-state index is 0.197. The van der Waals surface area contributed by atoms with E-state index in [9.17, 15) is 0 Å². The highest BCUT2D eigenvalue weighted by molar-refractivity contribution is 5.50. The maximum absolute atomic E-state index is 5.90. The van der Waals surface area contributed by atoms with Gasteiger partial charge >= 0.3 is 0 Å². The van der Waals surface area contributed by atoms with Gasteiger partial charge in [0, 0.05) is 18.6 Å². The van der Waals surface area contributed by atoms with Crippen LogP contribution in [0.25, 0.3) is 0 Å². The van der Waals surface area contributed by atoms with E-state index in [0.717, 1.165) is 26.1 Å². The van der Waals surface area contributed by atoms with Crippen LogP contribution in [0.1, 0.15) is 36.5 Å². The van der Waals surface area contributed by atoms with Gasteiger partial charge in [0.15, 0.2) is 0 Å². The molecule has 0 saturated heterocycles. The van der Waals surface area contributed by atoms with E-state index in [1.54, 1.807) is 0 Å². The molecule has 3 aromatic carbocycles. The fourth-order valence-electron chi connectivity index (χ4n) is 3.57. The number of hydrogen-bond acceptors (Lipinski definition) is 1. The van der Waals surface area contributed by atoms with Crippen molar-refractivity contribution in [1.82, 2.24) is 0 Å². The van der Waals surface area contributed by atoms with Crippen molar-refractivity contribution in [2.24, 2.45) is 0 Å². The second-order valence-electron chi connectivity index (χ2n) is 6.37. The molecule has 3 aromatic rings. The third kappa shape index (κ3) is 3.83. The summed E-state index contributed by atoms with van der Waals surface area (Å²) in [6, 6.07) is 32.4. The van der Waals surface area contributed by atoms with Crippen molar-refractivity contribution in [3.8, 4) is 0 Å². The first kappa shape index (κ1) is 17.4. The van der Waals surface area contributed by atoms with Crippen molar-refractivity contribution in [1.29, 1.82) is 0 Å². The SMILES string of the molecule is CCCOCCC(c1ccccc1)(c1ccccc1)c1ccccc1. The zero-order valence-electron chi connectivity index (χ0n) is 14.9. The molecule has 0 aromatic heterocycles. The number of benzene rings is 3. The Kier molecular flexibility index (Phi) is 6.03. The molecule has 0 bridgehead atoms. The maximum atomic E-state index is 5.90. The Balaban J connectivity index is 2.13. The van der Waals surface area contributed by atoms with E-state index in [4.69, 9.17) is 4.74 Å². The van der Waals surface area contributed by atoms with E-state index in [-0.39, 0.29) is 5.41 Å². The number of ether oxygens (including phenoxy) is 1. The summed E-state index contributed by atoms with van der Waals surface area (Å²) < 4.78 is 5.90. The van der Waals surface area contributed by atoms with Gasteiger partial charge in [0.25, 0.3) is 0 Å². The minimum atomic E-state index is -0.197. The predicted octanol–water partition coefficient (Wildman–Crippen LogP) is 5.84. The van der Waals surface area contributed by atoms with Gasteiger partial charge in [0.1, 0.15) is 0 Å². The van der Waals surface area contributed by atoms with Crippen LogP contribution in [0.15, 0.2) is 91.0 Å². The standard InChI is InChI=1S/C24H26O/c1-2-19-25-20-18-24(21-12-6-3-7-13-21,22-14-8-4-9-15-22)23-16-10-5-11-17-23/h3-17H,2,18-20H2,1H3. The summed E-state index contributed by atoms with van der Waals surface area (Å²) in [7, 11) is 0. The third-order valence-corrected chi connectivity index (χ3v) is 4.77. The molecule has 25 heavy (non-hydrogen) atoms. The highest BCUT2D eigenvalue weighted by Gasteiger charge is 2.35. The van der Waals surface area contributed by atoms with E-state index >= 15 is 0 Å². The molecule has 0 saturated carbocycles. The molecule has 0 atom stereocenters. The van der Waals surface area contributed by atoms with Gasteiger partial charge in [-0.2, -0.15) is 0 Å². The summed E-state index contributed by atoms with van der Waals surface area (Å²) in [6.45, 7) is 3.71. The van der Waals surface area contributed by atoms with Gasteiger partial charge in [0.05, 0.1) is 0 Å². The van der Waals surface area contributed by atoms with E-state index < -0.39 is 0 Å². The first-order valence-corrected chi connectivity index (χ1v) is 9.12. The molecule has 0 heterocycles. The molecule has 0 fully saturated rings. The summed E-state index contributed by atoms with van der Waals surface area (Å²) in [6.07, 6.45) is 1.97. The van der Waals surface area contributed by atoms with Gasteiger partial charge in [0.2, 0.25) is 0 Å². The van der Waals surface area contributed by atoms with E-state index in [1.165, 1.54) is 16.7 Å². The fraction of sp³-hybridized carbons (Fsp3) is 0.250. The van der Waals surface area contributed by atoms with Crippen molar-refractivity contribution in [3.05, 3.63) is 108 Å². The monoisotopic (exact) mass is 330 g/mol. The zero-order valence-corrected chi connectivity index (χ0v) is 14.9. The smallest absolute Gasteiger partial charge is 0.0481 e. The summed E-state index contributed by atoms with van der Waals surface area (Å²) in [5.74, 6) is 0. The second kappa shape index (κ2) is 8.64. The number of hydrogen-bond donors (Lipinski definition) is 0. The maximum Gasteiger partial charge on any atom is 0.0481 e.